The normalized spacial score (nSPS) is 17.9. The van der Waals surface area contributed by atoms with Crippen molar-refractivity contribution in [2.45, 2.75) is 26.6 Å². The number of aromatic nitrogens is 2. The third-order valence-electron chi connectivity index (χ3n) is 5.50. The van der Waals surface area contributed by atoms with E-state index in [4.69, 9.17) is 26.8 Å². The first-order chi connectivity index (χ1) is 14.8. The molecule has 0 fully saturated rings. The number of nitrogens with two attached hydrogens (primary N) is 1. The Hall–Kier alpha value is -3.09. The van der Waals surface area contributed by atoms with Crippen LogP contribution in [-0.2, 0) is 23.2 Å². The molecule has 1 aliphatic carbocycles. The fourth-order valence-electron chi connectivity index (χ4n) is 3.66. The Morgan fingerprint density at radius 2 is 1.84 bits per heavy atom. The third-order valence-corrected chi connectivity index (χ3v) is 5.75. The highest BCUT2D eigenvalue weighted by molar-refractivity contribution is 6.64. The lowest BCUT2D eigenvalue weighted by Crippen LogP contribution is -2.26. The summed E-state index contributed by atoms with van der Waals surface area (Å²) < 4.78 is 14.0. The van der Waals surface area contributed by atoms with E-state index in [0.29, 0.717) is 5.75 Å². The predicted octanol–water partition coefficient (Wildman–Crippen LogP) is 4.96. The number of hydrogen-bond donors (Lipinski definition) is 1. The minimum Gasteiger partial charge on any atom is -0.457 e. The molecule has 2 aromatic carbocycles. The van der Waals surface area contributed by atoms with Crippen LogP contribution in [-0.4, -0.2) is 20.9 Å². The van der Waals surface area contributed by atoms with Crippen LogP contribution in [0, 0.1) is 19.8 Å². The van der Waals surface area contributed by atoms with Crippen molar-refractivity contribution in [2.24, 2.45) is 13.0 Å². The molecule has 0 radical (unpaired) electrons. The molecule has 4 rings (SSSR count). The van der Waals surface area contributed by atoms with Crippen molar-refractivity contribution in [2.75, 3.05) is 5.73 Å². The molecule has 160 valence electrons. The zero-order valence-electron chi connectivity index (χ0n) is 17.6. The minimum atomic E-state index is -0.492. The van der Waals surface area contributed by atoms with Crippen molar-refractivity contribution in [3.63, 3.8) is 0 Å². The average Bonchev–Trinajstić information content (AvgIpc) is 3.06. The number of imidazole rings is 1. The van der Waals surface area contributed by atoms with Gasteiger partial charge in [-0.25, -0.2) is 4.98 Å². The van der Waals surface area contributed by atoms with Crippen LogP contribution in [0.4, 0.5) is 5.69 Å². The molecule has 1 aromatic heterocycles. The van der Waals surface area contributed by atoms with E-state index in [0.717, 1.165) is 39.4 Å². The first kappa shape index (κ1) is 21.2. The number of carbonyl (C=O) groups excluding carboxylic acids is 1. The number of fused-ring (bicyclic) bond motifs is 1. The maximum absolute atomic E-state index is 11.6. The van der Waals surface area contributed by atoms with Crippen molar-refractivity contribution in [1.82, 2.24) is 9.55 Å². The molecule has 0 amide bonds. The van der Waals surface area contributed by atoms with Gasteiger partial charge in [0.25, 0.3) is 0 Å². The van der Waals surface area contributed by atoms with Crippen molar-refractivity contribution >= 4 is 33.6 Å². The summed E-state index contributed by atoms with van der Waals surface area (Å²) in [7, 11) is 1.93. The molecule has 3 aromatic rings. The predicted molar refractivity (Wildman–Crippen MR) is 122 cm³/mol. The SMILES string of the molecule is Cc1cc(Oc2ccc3nc(COC4C=CC=CC4C(=O)Cl)n(C)c3c2)cc(C)c1N. The Labute approximate surface area is 185 Å². The Balaban J connectivity index is 1.53. The van der Waals surface area contributed by atoms with Crippen molar-refractivity contribution < 1.29 is 14.3 Å². The van der Waals surface area contributed by atoms with Gasteiger partial charge in [-0.2, -0.15) is 0 Å². The lowest BCUT2D eigenvalue weighted by Gasteiger charge is -2.21. The van der Waals surface area contributed by atoms with Gasteiger partial charge in [0.05, 0.1) is 23.1 Å². The van der Waals surface area contributed by atoms with Gasteiger partial charge >= 0.3 is 0 Å². The van der Waals surface area contributed by atoms with Gasteiger partial charge in [0.1, 0.15) is 23.9 Å². The lowest BCUT2D eigenvalue weighted by molar-refractivity contribution is -0.117. The van der Waals surface area contributed by atoms with Crippen LogP contribution in [0.1, 0.15) is 17.0 Å². The molecule has 0 spiro atoms. The largest absolute Gasteiger partial charge is 0.457 e. The number of nitrogens with zero attached hydrogens (tertiary/aromatic N) is 2. The molecular formula is C24H24ClN3O3. The van der Waals surface area contributed by atoms with Crippen LogP contribution >= 0.6 is 11.6 Å². The molecule has 2 N–H and O–H groups in total. The van der Waals surface area contributed by atoms with Crippen molar-refractivity contribution in [3.8, 4) is 11.5 Å². The maximum Gasteiger partial charge on any atom is 0.231 e. The van der Waals surface area contributed by atoms with Gasteiger partial charge in [-0.3, -0.25) is 4.79 Å². The number of halogens is 1. The van der Waals surface area contributed by atoms with Crippen LogP contribution in [0.5, 0.6) is 11.5 Å². The molecular weight excluding hydrogens is 414 g/mol. The quantitative estimate of drug-likeness (QED) is 0.435. The number of hydrogen-bond acceptors (Lipinski definition) is 5. The second kappa shape index (κ2) is 8.57. The van der Waals surface area contributed by atoms with Gasteiger partial charge < -0.3 is 19.8 Å². The summed E-state index contributed by atoms with van der Waals surface area (Å²) in [6.45, 7) is 4.18. The molecule has 2 atom stereocenters. The number of benzene rings is 2. The van der Waals surface area contributed by atoms with Gasteiger partial charge in [0.15, 0.2) is 0 Å². The van der Waals surface area contributed by atoms with E-state index in [1.165, 1.54) is 0 Å². The monoisotopic (exact) mass is 437 g/mol. The van der Waals surface area contributed by atoms with Gasteiger partial charge in [-0.15, -0.1) is 0 Å². The van der Waals surface area contributed by atoms with Gasteiger partial charge in [-0.05, 0) is 60.8 Å². The molecule has 2 unspecified atom stereocenters. The summed E-state index contributed by atoms with van der Waals surface area (Å²) in [5.41, 5.74) is 10.5. The summed E-state index contributed by atoms with van der Waals surface area (Å²) in [6.07, 6.45) is 6.81. The number of rotatable bonds is 6. The number of aryl methyl sites for hydroxylation is 3. The second-order valence-corrected chi connectivity index (χ2v) is 8.06. The number of allylic oxidation sites excluding steroid dienone is 2. The van der Waals surface area contributed by atoms with E-state index < -0.39 is 17.3 Å². The van der Waals surface area contributed by atoms with Crippen LogP contribution in [0.15, 0.2) is 54.6 Å². The maximum atomic E-state index is 11.6. The first-order valence-corrected chi connectivity index (χ1v) is 10.4. The Bertz CT molecular complexity index is 1190. The number of carbonyl (C=O) groups is 1. The van der Waals surface area contributed by atoms with E-state index in [1.807, 2.05) is 67.9 Å². The minimum absolute atomic E-state index is 0.251. The first-order valence-electron chi connectivity index (χ1n) is 9.99. The Kier molecular flexibility index (Phi) is 5.85. The van der Waals surface area contributed by atoms with Crippen LogP contribution < -0.4 is 10.5 Å². The zero-order chi connectivity index (χ0) is 22.1. The molecule has 31 heavy (non-hydrogen) atoms. The Morgan fingerprint density at radius 3 is 2.55 bits per heavy atom. The van der Waals surface area contributed by atoms with Crippen LogP contribution in [0.2, 0.25) is 0 Å². The number of anilines is 1. The fourth-order valence-corrected chi connectivity index (χ4v) is 3.86. The van der Waals surface area contributed by atoms with Gasteiger partial charge in [-0.1, -0.05) is 24.3 Å². The van der Waals surface area contributed by atoms with Gasteiger partial charge in [0.2, 0.25) is 5.24 Å². The van der Waals surface area contributed by atoms with Crippen LogP contribution in [0.3, 0.4) is 0 Å². The third kappa shape index (κ3) is 4.36. The zero-order valence-corrected chi connectivity index (χ0v) is 18.4. The van der Waals surface area contributed by atoms with Crippen molar-refractivity contribution in [1.29, 1.82) is 0 Å². The summed E-state index contributed by atoms with van der Waals surface area (Å²) in [5.74, 6) is 1.70. The average molecular weight is 438 g/mol. The molecule has 0 saturated heterocycles. The molecule has 0 saturated carbocycles. The lowest BCUT2D eigenvalue weighted by atomic mass is 9.99. The van der Waals surface area contributed by atoms with E-state index in [2.05, 4.69) is 4.98 Å². The molecule has 0 aliphatic heterocycles. The molecule has 6 nitrogen and oxygen atoms in total. The van der Waals surface area contributed by atoms with Crippen LogP contribution in [0.25, 0.3) is 11.0 Å². The summed E-state index contributed by atoms with van der Waals surface area (Å²) in [4.78, 5) is 16.3. The second-order valence-electron chi connectivity index (χ2n) is 7.69. The Morgan fingerprint density at radius 1 is 1.13 bits per heavy atom. The molecule has 1 heterocycles. The molecule has 0 bridgehead atoms. The van der Waals surface area contributed by atoms with Gasteiger partial charge in [0, 0.05) is 18.8 Å². The van der Waals surface area contributed by atoms with E-state index in [1.54, 1.807) is 12.2 Å². The molecule has 1 aliphatic rings. The topological polar surface area (TPSA) is 79.4 Å². The van der Waals surface area contributed by atoms with E-state index in [9.17, 15) is 4.79 Å². The summed E-state index contributed by atoms with van der Waals surface area (Å²) >= 11 is 5.69. The van der Waals surface area contributed by atoms with Crippen molar-refractivity contribution in [3.05, 3.63) is 71.6 Å². The van der Waals surface area contributed by atoms with E-state index in [-0.39, 0.29) is 6.61 Å². The standard InChI is InChI=1S/C24H24ClN3O3/c1-14-10-17(11-15(2)23(14)26)31-16-8-9-19-20(12-16)28(3)22(27-19)13-30-21-7-5-4-6-18(21)24(25)29/h4-12,18,21H,13,26H2,1-3H3. The van der Waals surface area contributed by atoms with E-state index >= 15 is 0 Å². The smallest absolute Gasteiger partial charge is 0.231 e. The number of ether oxygens (including phenoxy) is 2. The highest BCUT2D eigenvalue weighted by Gasteiger charge is 2.25. The summed E-state index contributed by atoms with van der Waals surface area (Å²) in [6, 6.07) is 9.60. The highest BCUT2D eigenvalue weighted by Crippen LogP contribution is 2.30. The highest BCUT2D eigenvalue weighted by atomic mass is 35.5. The summed E-state index contributed by atoms with van der Waals surface area (Å²) in [5, 5.41) is -0.439. The number of nitrogen functional groups attached to an aromatic ring is 1. The molecule has 7 heteroatoms. The fraction of sp³-hybridized carbons (Fsp3) is 0.250.